The molecule has 0 spiro atoms. The number of halogens is 2. The SMILES string of the molecule is CC.CC.Nc1ccc(Sc2cccc(Br)c2)cc1F. The average molecular weight is 358 g/mol. The molecule has 0 aliphatic rings. The van der Waals surface area contributed by atoms with Crippen LogP contribution in [0.4, 0.5) is 10.1 Å². The van der Waals surface area contributed by atoms with E-state index in [4.69, 9.17) is 5.73 Å². The number of hydrogen-bond acceptors (Lipinski definition) is 2. The standard InChI is InChI=1S/C12H9BrFNS.2C2H6/c13-8-2-1-3-9(6-8)16-10-4-5-12(15)11(14)7-10;2*1-2/h1-7H,15H2;2*1-2H3. The summed E-state index contributed by atoms with van der Waals surface area (Å²) in [5.41, 5.74) is 5.59. The average Bonchev–Trinajstić information content (AvgIpc) is 2.47. The van der Waals surface area contributed by atoms with Gasteiger partial charge in [-0.15, -0.1) is 0 Å². The molecule has 0 atom stereocenters. The second-order valence-electron chi connectivity index (χ2n) is 3.24. The maximum atomic E-state index is 13.2. The Morgan fingerprint density at radius 2 is 1.55 bits per heavy atom. The summed E-state index contributed by atoms with van der Waals surface area (Å²) >= 11 is 4.89. The van der Waals surface area contributed by atoms with Gasteiger partial charge in [0, 0.05) is 14.3 Å². The van der Waals surface area contributed by atoms with Crippen LogP contribution in [-0.2, 0) is 0 Å². The van der Waals surface area contributed by atoms with Crippen molar-refractivity contribution in [2.75, 3.05) is 5.73 Å². The summed E-state index contributed by atoms with van der Waals surface area (Å²) in [6, 6.07) is 12.7. The normalized spacial score (nSPS) is 8.90. The Labute approximate surface area is 133 Å². The third-order valence-electron chi connectivity index (χ3n) is 2.00. The summed E-state index contributed by atoms with van der Waals surface area (Å²) in [5.74, 6) is -0.375. The molecule has 2 N–H and O–H groups in total. The molecule has 2 aromatic rings. The third-order valence-corrected chi connectivity index (χ3v) is 3.48. The van der Waals surface area contributed by atoms with Gasteiger partial charge in [-0.3, -0.25) is 0 Å². The van der Waals surface area contributed by atoms with E-state index in [1.165, 1.54) is 17.8 Å². The molecule has 0 bridgehead atoms. The molecule has 0 aliphatic heterocycles. The number of hydrogen-bond donors (Lipinski definition) is 1. The highest BCUT2D eigenvalue weighted by Gasteiger charge is 2.02. The lowest BCUT2D eigenvalue weighted by Gasteiger charge is -2.03. The third kappa shape index (κ3) is 6.44. The van der Waals surface area contributed by atoms with E-state index in [2.05, 4.69) is 15.9 Å². The van der Waals surface area contributed by atoms with Crippen LogP contribution in [0.15, 0.2) is 56.7 Å². The van der Waals surface area contributed by atoms with E-state index < -0.39 is 0 Å². The van der Waals surface area contributed by atoms with Gasteiger partial charge in [-0.05, 0) is 36.4 Å². The summed E-state index contributed by atoms with van der Waals surface area (Å²) in [5, 5.41) is 0. The monoisotopic (exact) mass is 357 g/mol. The van der Waals surface area contributed by atoms with Crippen LogP contribution in [0.3, 0.4) is 0 Å². The Hall–Kier alpha value is -1.00. The Kier molecular flexibility index (Phi) is 10.2. The van der Waals surface area contributed by atoms with E-state index in [1.807, 2.05) is 58.0 Å². The Balaban J connectivity index is 0.000000829. The number of benzene rings is 2. The first-order chi connectivity index (χ1) is 9.65. The predicted octanol–water partition coefficient (Wildman–Crippen LogP) is 6.37. The van der Waals surface area contributed by atoms with Gasteiger partial charge in [-0.2, -0.15) is 0 Å². The second kappa shape index (κ2) is 10.7. The van der Waals surface area contributed by atoms with Crippen molar-refractivity contribution in [1.82, 2.24) is 0 Å². The van der Waals surface area contributed by atoms with Gasteiger partial charge in [0.15, 0.2) is 0 Å². The minimum atomic E-state index is -0.375. The fraction of sp³-hybridized carbons (Fsp3) is 0.250. The molecule has 0 radical (unpaired) electrons. The van der Waals surface area contributed by atoms with E-state index in [0.717, 1.165) is 14.3 Å². The van der Waals surface area contributed by atoms with E-state index in [-0.39, 0.29) is 11.5 Å². The van der Waals surface area contributed by atoms with Crippen molar-refractivity contribution in [2.24, 2.45) is 0 Å². The van der Waals surface area contributed by atoms with E-state index >= 15 is 0 Å². The van der Waals surface area contributed by atoms with Crippen LogP contribution in [-0.4, -0.2) is 0 Å². The molecule has 0 saturated heterocycles. The zero-order valence-electron chi connectivity index (χ0n) is 12.3. The number of nitrogens with two attached hydrogens (primary N) is 1. The molecular weight excluding hydrogens is 337 g/mol. The van der Waals surface area contributed by atoms with Crippen LogP contribution in [0.2, 0.25) is 0 Å². The zero-order chi connectivity index (χ0) is 15.5. The Morgan fingerprint density at radius 1 is 0.950 bits per heavy atom. The van der Waals surface area contributed by atoms with Crippen molar-refractivity contribution in [3.63, 3.8) is 0 Å². The highest BCUT2D eigenvalue weighted by molar-refractivity contribution is 9.10. The second-order valence-corrected chi connectivity index (χ2v) is 5.31. The molecule has 0 saturated carbocycles. The molecule has 20 heavy (non-hydrogen) atoms. The van der Waals surface area contributed by atoms with Gasteiger partial charge in [0.2, 0.25) is 0 Å². The van der Waals surface area contributed by atoms with Crippen LogP contribution < -0.4 is 5.73 Å². The van der Waals surface area contributed by atoms with Gasteiger partial charge in [-0.25, -0.2) is 4.39 Å². The largest absolute Gasteiger partial charge is 0.396 e. The summed E-state index contributed by atoms with van der Waals surface area (Å²) in [7, 11) is 0. The van der Waals surface area contributed by atoms with Crippen LogP contribution in [0, 0.1) is 5.82 Å². The van der Waals surface area contributed by atoms with Gasteiger partial charge < -0.3 is 5.73 Å². The molecule has 0 unspecified atom stereocenters. The molecule has 0 fully saturated rings. The number of anilines is 1. The van der Waals surface area contributed by atoms with Crippen molar-refractivity contribution in [1.29, 1.82) is 0 Å². The first-order valence-electron chi connectivity index (χ1n) is 6.63. The minimum absolute atomic E-state index is 0.179. The fourth-order valence-corrected chi connectivity index (χ4v) is 2.69. The molecule has 2 rings (SSSR count). The minimum Gasteiger partial charge on any atom is -0.396 e. The van der Waals surface area contributed by atoms with Crippen LogP contribution in [0.1, 0.15) is 27.7 Å². The molecule has 0 amide bonds. The summed E-state index contributed by atoms with van der Waals surface area (Å²) in [6.45, 7) is 8.00. The highest BCUT2D eigenvalue weighted by atomic mass is 79.9. The highest BCUT2D eigenvalue weighted by Crippen LogP contribution is 2.30. The van der Waals surface area contributed by atoms with Crippen molar-refractivity contribution >= 4 is 33.4 Å². The quantitative estimate of drug-likeness (QED) is 0.631. The number of rotatable bonds is 2. The van der Waals surface area contributed by atoms with Crippen LogP contribution >= 0.6 is 27.7 Å². The van der Waals surface area contributed by atoms with Gasteiger partial charge in [0.05, 0.1) is 5.69 Å². The van der Waals surface area contributed by atoms with Crippen molar-refractivity contribution < 1.29 is 4.39 Å². The smallest absolute Gasteiger partial charge is 0.147 e. The molecular formula is C16H21BrFNS. The fourth-order valence-electron chi connectivity index (χ4n) is 1.24. The van der Waals surface area contributed by atoms with Crippen LogP contribution in [0.25, 0.3) is 0 Å². The maximum absolute atomic E-state index is 13.2. The topological polar surface area (TPSA) is 26.0 Å². The first kappa shape index (κ1) is 19.0. The van der Waals surface area contributed by atoms with Gasteiger partial charge in [0.25, 0.3) is 0 Å². The van der Waals surface area contributed by atoms with E-state index in [9.17, 15) is 4.39 Å². The van der Waals surface area contributed by atoms with Gasteiger partial charge in [0.1, 0.15) is 5.82 Å². The van der Waals surface area contributed by atoms with Crippen LogP contribution in [0.5, 0.6) is 0 Å². The summed E-state index contributed by atoms with van der Waals surface area (Å²) < 4.78 is 14.2. The first-order valence-corrected chi connectivity index (χ1v) is 8.24. The summed E-state index contributed by atoms with van der Waals surface area (Å²) in [6.07, 6.45) is 0. The molecule has 110 valence electrons. The lowest BCUT2D eigenvalue weighted by atomic mass is 10.3. The van der Waals surface area contributed by atoms with Crippen molar-refractivity contribution in [3.05, 3.63) is 52.8 Å². The van der Waals surface area contributed by atoms with Crippen molar-refractivity contribution in [3.8, 4) is 0 Å². The molecule has 2 aromatic carbocycles. The van der Waals surface area contributed by atoms with Gasteiger partial charge in [-0.1, -0.05) is 61.5 Å². The van der Waals surface area contributed by atoms with Gasteiger partial charge >= 0.3 is 0 Å². The molecule has 4 heteroatoms. The number of nitrogen functional groups attached to an aromatic ring is 1. The van der Waals surface area contributed by atoms with E-state index in [1.54, 1.807) is 6.07 Å². The lowest BCUT2D eigenvalue weighted by molar-refractivity contribution is 0.629. The van der Waals surface area contributed by atoms with E-state index in [0.29, 0.717) is 0 Å². The maximum Gasteiger partial charge on any atom is 0.147 e. The molecule has 0 aromatic heterocycles. The molecule has 0 aliphatic carbocycles. The Morgan fingerprint density at radius 3 is 2.10 bits per heavy atom. The zero-order valence-corrected chi connectivity index (χ0v) is 14.7. The molecule has 0 heterocycles. The summed E-state index contributed by atoms with van der Waals surface area (Å²) in [4.78, 5) is 1.89. The predicted molar refractivity (Wildman–Crippen MR) is 91.8 cm³/mol. The molecule has 1 nitrogen and oxygen atoms in total. The Bertz CT molecular complexity index is 518. The van der Waals surface area contributed by atoms with Crippen molar-refractivity contribution in [2.45, 2.75) is 37.5 Å². The lowest BCUT2D eigenvalue weighted by Crippen LogP contribution is -1.89.